The third kappa shape index (κ3) is 4.52. The van der Waals surface area contributed by atoms with Crippen LogP contribution in [0.25, 0.3) is 4.91 Å². The predicted molar refractivity (Wildman–Crippen MR) is 69.5 cm³/mol. The maximum absolute atomic E-state index is 12.3. The molecule has 0 aliphatic carbocycles. The Morgan fingerprint density at radius 1 is 1.33 bits per heavy atom. The molecule has 0 bridgehead atoms. The van der Waals surface area contributed by atoms with E-state index in [4.69, 9.17) is 0 Å². The monoisotopic (exact) mass is 226 g/mol. The molecule has 0 spiro atoms. The van der Waals surface area contributed by atoms with E-state index in [1.54, 1.807) is 0 Å². The van der Waals surface area contributed by atoms with Crippen molar-refractivity contribution in [2.75, 3.05) is 0 Å². The van der Waals surface area contributed by atoms with Crippen LogP contribution in [0.4, 0.5) is 3.89 Å². The second kappa shape index (κ2) is 8.54. The largest absolute Gasteiger partial charge is 0.160 e. The zero-order chi connectivity index (χ0) is 11.7. The summed E-state index contributed by atoms with van der Waals surface area (Å²) in [5, 5.41) is 0. The molecule has 15 heavy (non-hydrogen) atoms. The molecule has 0 unspecified atom stereocenters. The Kier molecular flexibility index (Phi) is 8.11. The van der Waals surface area contributed by atoms with Crippen molar-refractivity contribution < 1.29 is 3.89 Å². The van der Waals surface area contributed by atoms with Crippen LogP contribution < -0.4 is 0 Å². The molecule has 0 amide bonds. The first kappa shape index (κ1) is 14.2. The second-order valence-corrected chi connectivity index (χ2v) is 3.55. The number of benzene rings is 1. The molecule has 0 saturated carbocycles. The van der Waals surface area contributed by atoms with Crippen molar-refractivity contribution in [3.63, 3.8) is 0 Å². The molecule has 1 aromatic carbocycles. The third-order valence-electron chi connectivity index (χ3n) is 1.93. The molecule has 0 atom stereocenters. The summed E-state index contributed by atoms with van der Waals surface area (Å²) in [7, 11) is 0. The topological polar surface area (TPSA) is 0 Å². The van der Waals surface area contributed by atoms with Crippen molar-refractivity contribution in [1.29, 1.82) is 0 Å². The lowest BCUT2D eigenvalue weighted by Gasteiger charge is -2.06. The van der Waals surface area contributed by atoms with Crippen LogP contribution in [-0.2, 0) is 6.42 Å². The van der Waals surface area contributed by atoms with E-state index in [0.29, 0.717) is 4.91 Å². The fourth-order valence-corrected chi connectivity index (χ4v) is 1.60. The van der Waals surface area contributed by atoms with Gasteiger partial charge in [-0.2, -0.15) is 3.89 Å². The average molecular weight is 226 g/mol. The molecule has 1 rings (SSSR count). The number of hydrogen-bond donors (Lipinski definition) is 0. The van der Waals surface area contributed by atoms with E-state index in [1.165, 1.54) is 5.56 Å². The van der Waals surface area contributed by atoms with E-state index in [9.17, 15) is 3.89 Å². The molecule has 2 heteroatoms. The molecule has 0 fully saturated rings. The number of halogens is 1. The Balaban J connectivity index is 0.000000921. The van der Waals surface area contributed by atoms with Gasteiger partial charge in [0.25, 0.3) is 0 Å². The molecular weight excluding hydrogens is 207 g/mol. The van der Waals surface area contributed by atoms with E-state index in [0.717, 1.165) is 18.4 Å². The molecule has 0 radical (unpaired) electrons. The highest BCUT2D eigenvalue weighted by atomic mass is 32.2. The van der Waals surface area contributed by atoms with Gasteiger partial charge in [0.2, 0.25) is 0 Å². The fraction of sp³-hybridized carbons (Fsp3) is 0.385. The first-order chi connectivity index (χ1) is 7.29. The molecule has 0 heterocycles. The second-order valence-electron chi connectivity index (χ2n) is 2.91. The highest BCUT2D eigenvalue weighted by molar-refractivity contribution is 8.03. The minimum atomic E-state index is 0.223. The van der Waals surface area contributed by atoms with Crippen molar-refractivity contribution in [2.45, 2.75) is 33.6 Å². The fourth-order valence-electron chi connectivity index (χ4n) is 1.32. The van der Waals surface area contributed by atoms with E-state index < -0.39 is 0 Å². The lowest BCUT2D eigenvalue weighted by Crippen LogP contribution is -1.89. The summed E-state index contributed by atoms with van der Waals surface area (Å²) in [6.45, 7) is 9.79. The van der Waals surface area contributed by atoms with Gasteiger partial charge < -0.3 is 0 Å². The number of aryl methyl sites for hydroxylation is 1. The predicted octanol–water partition coefficient (Wildman–Crippen LogP) is 5.25. The van der Waals surface area contributed by atoms with Gasteiger partial charge in [-0.3, -0.25) is 0 Å². The maximum atomic E-state index is 12.3. The van der Waals surface area contributed by atoms with Crippen molar-refractivity contribution >= 4 is 17.1 Å². The Labute approximate surface area is 96.9 Å². The summed E-state index contributed by atoms with van der Waals surface area (Å²) in [6.07, 6.45) is 2.05. The number of rotatable bonds is 4. The molecule has 0 saturated heterocycles. The Hall–Kier alpha value is -0.760. The van der Waals surface area contributed by atoms with Gasteiger partial charge in [-0.1, -0.05) is 58.0 Å². The van der Waals surface area contributed by atoms with Gasteiger partial charge in [0.15, 0.2) is 0 Å². The van der Waals surface area contributed by atoms with E-state index in [2.05, 4.69) is 13.5 Å². The lowest BCUT2D eigenvalue weighted by atomic mass is 10.0. The molecular formula is C13H19FS. The Morgan fingerprint density at radius 3 is 2.47 bits per heavy atom. The van der Waals surface area contributed by atoms with E-state index in [1.807, 2.05) is 38.1 Å². The molecule has 84 valence electrons. The minimum Gasteiger partial charge on any atom is -0.160 e. The molecule has 1 aromatic rings. The van der Waals surface area contributed by atoms with Gasteiger partial charge in [0, 0.05) is 4.91 Å². The van der Waals surface area contributed by atoms with Crippen LogP contribution in [0.3, 0.4) is 0 Å². The van der Waals surface area contributed by atoms with Crippen molar-refractivity contribution in [3.8, 4) is 0 Å². The summed E-state index contributed by atoms with van der Waals surface area (Å²) in [6, 6.07) is 7.83. The van der Waals surface area contributed by atoms with Gasteiger partial charge in [-0.05, 0) is 17.5 Å². The zero-order valence-electron chi connectivity index (χ0n) is 9.72. The third-order valence-corrected chi connectivity index (χ3v) is 2.34. The molecule has 0 aliphatic rings. The highest BCUT2D eigenvalue weighted by Crippen LogP contribution is 2.29. The smallest absolute Gasteiger partial charge is 0.0812 e. The van der Waals surface area contributed by atoms with Crippen LogP contribution in [0.5, 0.6) is 0 Å². The Morgan fingerprint density at radius 2 is 1.93 bits per heavy atom. The quantitative estimate of drug-likeness (QED) is 0.675. The highest BCUT2D eigenvalue weighted by Gasteiger charge is 2.04. The molecule has 0 aromatic heterocycles. The van der Waals surface area contributed by atoms with Gasteiger partial charge >= 0.3 is 0 Å². The maximum Gasteiger partial charge on any atom is 0.0812 e. The van der Waals surface area contributed by atoms with Gasteiger partial charge in [0.05, 0.1) is 12.1 Å². The average Bonchev–Trinajstić information content (AvgIpc) is 2.32. The SMILES string of the molecule is C=C(SF)c1ccccc1CCC.CC. The van der Waals surface area contributed by atoms with Gasteiger partial charge in [-0.15, -0.1) is 0 Å². The van der Waals surface area contributed by atoms with Gasteiger partial charge in [0.1, 0.15) is 0 Å². The van der Waals surface area contributed by atoms with Crippen molar-refractivity contribution in [2.24, 2.45) is 0 Å². The summed E-state index contributed by atoms with van der Waals surface area (Å²) in [5.41, 5.74) is 2.12. The lowest BCUT2D eigenvalue weighted by molar-refractivity contribution is 0.918. The number of hydrogen-bond acceptors (Lipinski definition) is 1. The van der Waals surface area contributed by atoms with E-state index in [-0.39, 0.29) is 12.1 Å². The van der Waals surface area contributed by atoms with Crippen LogP contribution in [0.2, 0.25) is 0 Å². The van der Waals surface area contributed by atoms with Crippen LogP contribution in [-0.4, -0.2) is 0 Å². The summed E-state index contributed by atoms with van der Waals surface area (Å²) >= 11 is 0.223. The van der Waals surface area contributed by atoms with Gasteiger partial charge in [-0.25, -0.2) is 0 Å². The van der Waals surface area contributed by atoms with Crippen LogP contribution in [0.15, 0.2) is 30.8 Å². The summed E-state index contributed by atoms with van der Waals surface area (Å²) in [5.74, 6) is 0. The summed E-state index contributed by atoms with van der Waals surface area (Å²) < 4.78 is 12.3. The minimum absolute atomic E-state index is 0.223. The zero-order valence-corrected chi connectivity index (χ0v) is 10.5. The summed E-state index contributed by atoms with van der Waals surface area (Å²) in [4.78, 5) is 0.504. The first-order valence-corrected chi connectivity index (χ1v) is 6.07. The molecule has 0 nitrogen and oxygen atoms in total. The first-order valence-electron chi connectivity index (χ1n) is 5.35. The van der Waals surface area contributed by atoms with E-state index >= 15 is 0 Å². The van der Waals surface area contributed by atoms with Crippen LogP contribution in [0, 0.1) is 0 Å². The van der Waals surface area contributed by atoms with Crippen molar-refractivity contribution in [3.05, 3.63) is 42.0 Å². The normalized spacial score (nSPS) is 9.07. The standard InChI is InChI=1S/C11H13FS.C2H6/c1-3-6-10-7-4-5-8-11(10)9(2)13-12;1-2/h4-5,7-8H,2-3,6H2,1H3;1-2H3. The van der Waals surface area contributed by atoms with Crippen LogP contribution >= 0.6 is 12.1 Å². The van der Waals surface area contributed by atoms with Crippen molar-refractivity contribution in [1.82, 2.24) is 0 Å². The molecule has 0 aliphatic heterocycles. The molecule has 0 N–H and O–H groups in total. The Bertz CT molecular complexity index is 294. The van der Waals surface area contributed by atoms with Crippen LogP contribution in [0.1, 0.15) is 38.3 Å².